The van der Waals surface area contributed by atoms with Gasteiger partial charge in [-0.15, -0.1) is 11.3 Å². The van der Waals surface area contributed by atoms with Crippen molar-refractivity contribution in [3.05, 3.63) is 52.2 Å². The van der Waals surface area contributed by atoms with Crippen LogP contribution in [0.3, 0.4) is 0 Å². The van der Waals surface area contributed by atoms with E-state index >= 15 is 0 Å². The van der Waals surface area contributed by atoms with Gasteiger partial charge in [0.05, 0.1) is 10.9 Å². The van der Waals surface area contributed by atoms with Gasteiger partial charge in [0.2, 0.25) is 9.84 Å². The maximum absolute atomic E-state index is 12.5. The van der Waals surface area contributed by atoms with Crippen LogP contribution in [0, 0.1) is 0 Å². The van der Waals surface area contributed by atoms with Gasteiger partial charge in [-0.2, -0.15) is 8.78 Å². The van der Waals surface area contributed by atoms with E-state index in [1.807, 2.05) is 36.5 Å². The Balaban J connectivity index is 2.06. The highest BCUT2D eigenvalue weighted by molar-refractivity contribution is 7.91. The molecule has 5 nitrogen and oxygen atoms in total. The van der Waals surface area contributed by atoms with Gasteiger partial charge in [-0.1, -0.05) is 6.07 Å². The molecule has 1 amide bonds. The highest BCUT2D eigenvalue weighted by Gasteiger charge is 2.26. The summed E-state index contributed by atoms with van der Waals surface area (Å²) in [6.45, 7) is 0.365. The molecule has 25 heavy (non-hydrogen) atoms. The smallest absolute Gasteiger partial charge is 0.341 e. The number of hydrogen-bond donors (Lipinski definition) is 1. The number of rotatable bonds is 7. The van der Waals surface area contributed by atoms with E-state index in [0.29, 0.717) is 6.54 Å². The van der Waals surface area contributed by atoms with Gasteiger partial charge in [0.1, 0.15) is 0 Å². The van der Waals surface area contributed by atoms with Crippen LogP contribution in [0.5, 0.6) is 0 Å². The number of hydrogen-bond acceptors (Lipinski definition) is 5. The number of sulfone groups is 1. The molecule has 0 aliphatic carbocycles. The maximum Gasteiger partial charge on any atom is 0.341 e. The summed E-state index contributed by atoms with van der Waals surface area (Å²) in [4.78, 5) is 14.8. The lowest BCUT2D eigenvalue weighted by Crippen LogP contribution is -2.34. The van der Waals surface area contributed by atoms with Gasteiger partial charge in [-0.25, -0.2) is 8.42 Å². The first-order valence-electron chi connectivity index (χ1n) is 7.33. The molecule has 0 spiro atoms. The Bertz CT molecular complexity index is 804. The normalized spacial score (nSPS) is 13.2. The van der Waals surface area contributed by atoms with E-state index in [-0.39, 0.29) is 11.6 Å². The number of likely N-dealkylation sites (N-methyl/N-ethyl adjacent to an activating group) is 1. The Hall–Kier alpha value is -1.84. The van der Waals surface area contributed by atoms with E-state index in [1.54, 1.807) is 11.3 Å². The van der Waals surface area contributed by atoms with Crippen molar-refractivity contribution in [2.24, 2.45) is 0 Å². The molecule has 0 radical (unpaired) electrons. The van der Waals surface area contributed by atoms with E-state index in [1.165, 1.54) is 12.1 Å². The lowest BCUT2D eigenvalue weighted by molar-refractivity contribution is 0.0942. The zero-order valence-electron chi connectivity index (χ0n) is 13.6. The van der Waals surface area contributed by atoms with Gasteiger partial charge >= 0.3 is 5.76 Å². The van der Waals surface area contributed by atoms with Crippen LogP contribution in [0.15, 0.2) is 46.7 Å². The highest BCUT2D eigenvalue weighted by Crippen LogP contribution is 2.22. The first kappa shape index (κ1) is 19.5. The quantitative estimate of drug-likeness (QED) is 0.792. The predicted molar refractivity (Wildman–Crippen MR) is 92.7 cm³/mol. The molecule has 9 heteroatoms. The minimum absolute atomic E-state index is 0.00225. The molecule has 2 rings (SSSR count). The number of thiophene rings is 1. The van der Waals surface area contributed by atoms with Crippen molar-refractivity contribution in [2.45, 2.75) is 16.7 Å². The minimum atomic E-state index is -4.66. The number of nitrogens with one attached hydrogen (secondary N) is 1. The zero-order chi connectivity index (χ0) is 18.6. The van der Waals surface area contributed by atoms with Gasteiger partial charge in [-0.05, 0) is 49.8 Å². The van der Waals surface area contributed by atoms with Crippen molar-refractivity contribution in [2.75, 3.05) is 20.6 Å². The van der Waals surface area contributed by atoms with Crippen molar-refractivity contribution in [1.29, 1.82) is 0 Å². The number of alkyl halides is 2. The SMILES string of the molecule is CN(C)C(CNC(=O)c1ccc(S(=O)(=O)C(F)F)cc1)c1cccs1. The Kier molecular flexibility index (Phi) is 6.26. The topological polar surface area (TPSA) is 66.5 Å². The summed E-state index contributed by atoms with van der Waals surface area (Å²) in [5.74, 6) is -3.89. The van der Waals surface area contributed by atoms with Crippen LogP contribution in [0.1, 0.15) is 21.3 Å². The number of amides is 1. The molecule has 1 aromatic heterocycles. The van der Waals surface area contributed by atoms with Crippen molar-refractivity contribution < 1.29 is 22.0 Å². The lowest BCUT2D eigenvalue weighted by Gasteiger charge is -2.23. The van der Waals surface area contributed by atoms with Gasteiger partial charge in [0.25, 0.3) is 5.91 Å². The third-order valence-electron chi connectivity index (χ3n) is 3.63. The van der Waals surface area contributed by atoms with Crippen molar-refractivity contribution in [1.82, 2.24) is 10.2 Å². The van der Waals surface area contributed by atoms with Crippen LogP contribution in [0.4, 0.5) is 8.78 Å². The highest BCUT2D eigenvalue weighted by atomic mass is 32.2. The average Bonchev–Trinajstić information content (AvgIpc) is 3.08. The fourth-order valence-electron chi connectivity index (χ4n) is 2.21. The number of nitrogens with zero attached hydrogens (tertiary/aromatic N) is 1. The van der Waals surface area contributed by atoms with Gasteiger partial charge in [0.15, 0.2) is 0 Å². The summed E-state index contributed by atoms with van der Waals surface area (Å²) < 4.78 is 47.8. The second kappa shape index (κ2) is 8.03. The molecule has 1 unspecified atom stereocenters. The third-order valence-corrected chi connectivity index (χ3v) is 6.00. The van der Waals surface area contributed by atoms with Gasteiger partial charge < -0.3 is 10.2 Å². The number of halogens is 2. The van der Waals surface area contributed by atoms with E-state index in [0.717, 1.165) is 17.0 Å². The second-order valence-electron chi connectivity index (χ2n) is 5.53. The predicted octanol–water partition coefficient (Wildman–Crippen LogP) is 2.78. The van der Waals surface area contributed by atoms with Crippen LogP contribution in [-0.4, -0.2) is 45.6 Å². The molecule has 0 aliphatic rings. The molecule has 1 aromatic carbocycles. The molecular formula is C16H18F2N2O3S2. The van der Waals surface area contributed by atoms with Crippen molar-refractivity contribution in [3.63, 3.8) is 0 Å². The lowest BCUT2D eigenvalue weighted by atomic mass is 10.2. The fourth-order valence-corrected chi connectivity index (χ4v) is 3.85. The molecule has 1 heterocycles. The molecule has 0 fully saturated rings. The van der Waals surface area contributed by atoms with Crippen molar-refractivity contribution >= 4 is 27.1 Å². The first-order chi connectivity index (χ1) is 11.7. The Labute approximate surface area is 149 Å². The molecule has 1 N–H and O–H groups in total. The monoisotopic (exact) mass is 388 g/mol. The summed E-state index contributed by atoms with van der Waals surface area (Å²) in [5, 5.41) is 4.73. The van der Waals surface area contributed by atoms with E-state index < -0.39 is 26.4 Å². The van der Waals surface area contributed by atoms with Gasteiger partial charge in [-0.3, -0.25) is 4.79 Å². The second-order valence-corrected chi connectivity index (χ2v) is 8.43. The molecule has 0 saturated heterocycles. The average molecular weight is 388 g/mol. The van der Waals surface area contributed by atoms with E-state index in [9.17, 15) is 22.0 Å². The molecule has 0 saturated carbocycles. The van der Waals surface area contributed by atoms with E-state index in [4.69, 9.17) is 0 Å². The zero-order valence-corrected chi connectivity index (χ0v) is 15.3. The fraction of sp³-hybridized carbons (Fsp3) is 0.312. The summed E-state index contributed by atoms with van der Waals surface area (Å²) >= 11 is 1.58. The summed E-state index contributed by atoms with van der Waals surface area (Å²) in [7, 11) is -0.850. The summed E-state index contributed by atoms with van der Waals surface area (Å²) in [6, 6.07) is 8.38. The Morgan fingerprint density at radius 3 is 2.32 bits per heavy atom. The van der Waals surface area contributed by atoms with Crippen LogP contribution in [0.25, 0.3) is 0 Å². The molecule has 2 aromatic rings. The van der Waals surface area contributed by atoms with E-state index in [2.05, 4.69) is 5.32 Å². The molecule has 0 aliphatic heterocycles. The first-order valence-corrected chi connectivity index (χ1v) is 9.76. The standard InChI is InChI=1S/C16H18F2N2O3S2/c1-20(2)13(14-4-3-9-24-14)10-19-15(21)11-5-7-12(8-6-11)25(22,23)16(17)18/h3-9,13,16H,10H2,1-2H3,(H,19,21). The van der Waals surface area contributed by atoms with Gasteiger partial charge in [0, 0.05) is 17.0 Å². The summed E-state index contributed by atoms with van der Waals surface area (Å²) in [5.41, 5.74) is 0.205. The molecule has 1 atom stereocenters. The van der Waals surface area contributed by atoms with Crippen LogP contribution < -0.4 is 5.32 Å². The van der Waals surface area contributed by atoms with Crippen molar-refractivity contribution in [3.8, 4) is 0 Å². The Morgan fingerprint density at radius 1 is 1.20 bits per heavy atom. The largest absolute Gasteiger partial charge is 0.350 e. The van der Waals surface area contributed by atoms with Crippen LogP contribution in [0.2, 0.25) is 0 Å². The Morgan fingerprint density at radius 2 is 1.84 bits per heavy atom. The molecule has 136 valence electrons. The maximum atomic E-state index is 12.5. The molecular weight excluding hydrogens is 370 g/mol. The third kappa shape index (κ3) is 4.62. The number of carbonyl (C=O) groups excluding carboxylic acids is 1. The summed E-state index contributed by atoms with van der Waals surface area (Å²) in [6.07, 6.45) is 0. The molecule has 0 bridgehead atoms. The number of benzene rings is 1. The van der Waals surface area contributed by atoms with Crippen LogP contribution in [-0.2, 0) is 9.84 Å². The minimum Gasteiger partial charge on any atom is -0.350 e. The van der Waals surface area contributed by atoms with Crippen LogP contribution >= 0.6 is 11.3 Å². The number of carbonyl (C=O) groups is 1.